The Morgan fingerprint density at radius 1 is 1.00 bits per heavy atom. The summed E-state index contributed by atoms with van der Waals surface area (Å²) in [5.41, 5.74) is 0. The molecular formula is H2F4K2LiNaO3Si. The van der Waals surface area contributed by atoms with Gasteiger partial charge >= 0.3 is 160 Å². The van der Waals surface area contributed by atoms with Gasteiger partial charge in [-0.25, -0.2) is 0 Å². The zero-order valence-electron chi connectivity index (χ0n) is 7.31. The average molecular weight is 262 g/mol. The molecule has 12 heteroatoms. The summed E-state index contributed by atoms with van der Waals surface area (Å²) in [5.74, 6) is 0. The third kappa shape index (κ3) is 125. The summed E-state index contributed by atoms with van der Waals surface area (Å²) in [6.07, 6.45) is 0. The molecule has 0 saturated carbocycles. The van der Waals surface area contributed by atoms with Gasteiger partial charge in [-0.2, -0.15) is 0 Å². The van der Waals surface area contributed by atoms with Crippen molar-refractivity contribution >= 4 is 9.14 Å². The van der Waals surface area contributed by atoms with Gasteiger partial charge in [-0.1, -0.05) is 0 Å². The summed E-state index contributed by atoms with van der Waals surface area (Å²) < 4.78 is 10.4. The smallest absolute Gasteiger partial charge is 1.00 e. The summed E-state index contributed by atoms with van der Waals surface area (Å²) in [6, 6.07) is 0. The third-order valence-electron chi connectivity index (χ3n) is 0. The minimum absolute atomic E-state index is 0. The predicted octanol–water partition coefficient (Wildman–Crippen LogP) is -23.2. The molecule has 0 aliphatic carbocycles. The fourth-order valence-corrected chi connectivity index (χ4v) is 0. The first-order valence-corrected chi connectivity index (χ1v) is 2.52. The van der Waals surface area contributed by atoms with Crippen molar-refractivity contribution in [3.63, 3.8) is 0 Å². The molecule has 56 valence electrons. The van der Waals surface area contributed by atoms with Gasteiger partial charge in [-0.05, 0) is 0 Å². The van der Waals surface area contributed by atoms with Crippen molar-refractivity contribution in [3.8, 4) is 0 Å². The summed E-state index contributed by atoms with van der Waals surface area (Å²) >= 11 is 0. The fourth-order valence-electron chi connectivity index (χ4n) is 0. The van der Waals surface area contributed by atoms with E-state index in [1.807, 2.05) is 0 Å². The summed E-state index contributed by atoms with van der Waals surface area (Å²) in [6.45, 7) is 0. The van der Waals surface area contributed by atoms with Crippen LogP contribution in [-0.2, 0) is 0 Å². The van der Waals surface area contributed by atoms with E-state index in [1.165, 1.54) is 0 Å². The van der Waals surface area contributed by atoms with Gasteiger partial charge in [0, 0.05) is 0 Å². The largest absolute Gasteiger partial charge is 1.00 e. The van der Waals surface area contributed by atoms with Gasteiger partial charge in [0.2, 0.25) is 0 Å². The van der Waals surface area contributed by atoms with Crippen molar-refractivity contribution in [1.82, 2.24) is 0 Å². The maximum atomic E-state index is 10.4. The van der Waals surface area contributed by atoms with Crippen molar-refractivity contribution in [2.75, 3.05) is 0 Å². The molecule has 0 aromatic heterocycles. The molecule has 12 heavy (non-hydrogen) atoms. The number of hydrogen-bond acceptors (Lipinski definition) is 3. The van der Waals surface area contributed by atoms with Crippen LogP contribution in [0.3, 0.4) is 0 Å². The van der Waals surface area contributed by atoms with Gasteiger partial charge in [-0.3, -0.25) is 4.11 Å². The molecule has 0 aromatic carbocycles. The molecular weight excluding hydrogens is 260 g/mol. The Balaban J connectivity index is -0.00000000381. The van der Waals surface area contributed by atoms with Crippen LogP contribution in [-0.4, -0.2) is 18.7 Å². The SMILES string of the molecule is [F-].[F-].[F-].[K+].[K+].[Li+].[Na+].[O-][Si](O)(O)F. The number of halogens is 4. The maximum absolute atomic E-state index is 10.4. The number of hydrogen-bond donors (Lipinski definition) is 2. The Hall–Kier alpha value is 4.69. The molecule has 0 heterocycles. The van der Waals surface area contributed by atoms with Crippen molar-refractivity contribution < 1.29 is 184 Å². The van der Waals surface area contributed by atoms with Crippen LogP contribution in [0.5, 0.6) is 0 Å². The quantitative estimate of drug-likeness (QED) is 0.259. The molecule has 0 aliphatic heterocycles. The van der Waals surface area contributed by atoms with E-state index < -0.39 is 9.14 Å². The van der Waals surface area contributed by atoms with Crippen LogP contribution < -0.4 is 170 Å². The van der Waals surface area contributed by atoms with Gasteiger partial charge in [0.25, 0.3) is 0 Å². The van der Waals surface area contributed by atoms with Gasteiger partial charge in [0.15, 0.2) is 0 Å². The second kappa shape index (κ2) is 29.6. The maximum Gasteiger partial charge on any atom is 1.00 e. The molecule has 0 bridgehead atoms. The van der Waals surface area contributed by atoms with E-state index in [4.69, 9.17) is 14.4 Å². The number of rotatable bonds is 0. The molecule has 3 nitrogen and oxygen atoms in total. The first-order valence-electron chi connectivity index (χ1n) is 0.840. The first kappa shape index (κ1) is 54.4. The standard InChI is InChI=1S/FH2O3Si.3FH.2K.Li.Na/c1-5(2,3)4;;;;;;;/h2-3H;3*1H;;;;/q-1;;;;4*+1/p-3. The minimum atomic E-state index is -5.36. The van der Waals surface area contributed by atoms with Crippen LogP contribution in [0.4, 0.5) is 4.11 Å². The van der Waals surface area contributed by atoms with E-state index in [0.29, 0.717) is 0 Å². The second-order valence-corrected chi connectivity index (χ2v) is 1.59. The van der Waals surface area contributed by atoms with Crippen LogP contribution in [0.2, 0.25) is 0 Å². The first-order chi connectivity index (χ1) is 2.00. The zero-order valence-corrected chi connectivity index (χ0v) is 16.6. The van der Waals surface area contributed by atoms with E-state index in [0.717, 1.165) is 0 Å². The van der Waals surface area contributed by atoms with Gasteiger partial charge in [0.1, 0.15) is 0 Å². The predicted molar refractivity (Wildman–Crippen MR) is 11.3 cm³/mol. The normalized spacial score (nSPS) is 5.00. The van der Waals surface area contributed by atoms with Crippen LogP contribution >= 0.6 is 0 Å². The van der Waals surface area contributed by atoms with E-state index in [-0.39, 0.29) is 165 Å². The minimum Gasteiger partial charge on any atom is -1.00 e. The molecule has 0 unspecified atom stereocenters. The van der Waals surface area contributed by atoms with Crippen LogP contribution in [0.1, 0.15) is 0 Å². The Morgan fingerprint density at radius 2 is 1.00 bits per heavy atom. The van der Waals surface area contributed by atoms with Crippen LogP contribution in [0.15, 0.2) is 0 Å². The summed E-state index contributed by atoms with van der Waals surface area (Å²) in [4.78, 5) is 22.7. The van der Waals surface area contributed by atoms with E-state index >= 15 is 0 Å². The molecule has 0 radical (unpaired) electrons. The van der Waals surface area contributed by atoms with E-state index in [1.54, 1.807) is 0 Å². The monoisotopic (exact) mass is 262 g/mol. The molecule has 0 spiro atoms. The molecule has 0 amide bonds. The molecule has 0 rings (SSSR count). The fraction of sp³-hybridized carbons (Fsp3) is 0. The zero-order chi connectivity index (χ0) is 4.50. The van der Waals surface area contributed by atoms with Gasteiger partial charge < -0.3 is 28.5 Å². The van der Waals surface area contributed by atoms with Crippen LogP contribution in [0.25, 0.3) is 0 Å². The van der Waals surface area contributed by atoms with E-state index in [9.17, 15) is 4.11 Å². The Kier molecular flexibility index (Phi) is 134. The molecule has 2 N–H and O–H groups in total. The van der Waals surface area contributed by atoms with Gasteiger partial charge in [-0.15, -0.1) is 0 Å². The topological polar surface area (TPSA) is 63.5 Å². The van der Waals surface area contributed by atoms with Crippen molar-refractivity contribution in [2.24, 2.45) is 0 Å². The van der Waals surface area contributed by atoms with E-state index in [2.05, 4.69) is 0 Å². The van der Waals surface area contributed by atoms with Gasteiger partial charge in [0.05, 0.1) is 0 Å². The Labute approximate surface area is 188 Å². The Morgan fingerprint density at radius 3 is 1.00 bits per heavy atom. The average Bonchev–Trinajstić information content (AvgIpc) is 0.722. The van der Waals surface area contributed by atoms with Crippen molar-refractivity contribution in [1.29, 1.82) is 0 Å². The third-order valence-corrected chi connectivity index (χ3v) is 0. The summed E-state index contributed by atoms with van der Waals surface area (Å²) in [7, 11) is -5.36. The Bertz CT molecular complexity index is 43.8. The van der Waals surface area contributed by atoms with Crippen molar-refractivity contribution in [3.05, 3.63) is 0 Å². The molecule has 0 aromatic rings. The summed E-state index contributed by atoms with van der Waals surface area (Å²) in [5, 5.41) is 0. The van der Waals surface area contributed by atoms with Crippen LogP contribution in [0, 0.1) is 0 Å². The second-order valence-electron chi connectivity index (χ2n) is 0.529. The van der Waals surface area contributed by atoms with Crippen molar-refractivity contribution in [2.45, 2.75) is 0 Å². The molecule has 0 aliphatic rings. The molecule has 0 fully saturated rings. The molecule has 0 atom stereocenters. The molecule has 0 saturated heterocycles.